The molecule has 92 valence electrons. The fraction of sp³-hybridized carbons (Fsp3) is 0. The molecule has 0 fully saturated rings. The molecule has 0 saturated heterocycles. The second-order valence-corrected chi connectivity index (χ2v) is 4.57. The molecule has 0 bridgehead atoms. The lowest BCUT2D eigenvalue weighted by atomic mass is 10.2. The minimum atomic E-state index is -1.22. The highest BCUT2D eigenvalue weighted by Crippen LogP contribution is 2.28. The van der Waals surface area contributed by atoms with Crippen LogP contribution in [0, 0.1) is 0 Å². The number of rotatable bonds is 2. The number of halogens is 3. The molecule has 2 rings (SSSR count). The number of carboxylic acids is 1. The standard InChI is InChI=1S/C11H5Cl3N2O2/c12-5-3-7(14)9(15-4-5)8-2-1-6(13)10(16-8)11(17)18/h1-4H,(H,17,18). The minimum Gasteiger partial charge on any atom is -0.476 e. The summed E-state index contributed by atoms with van der Waals surface area (Å²) in [5.74, 6) is -1.22. The molecule has 2 aromatic rings. The number of hydrogen-bond donors (Lipinski definition) is 1. The molecule has 0 atom stereocenters. The Morgan fingerprint density at radius 3 is 2.50 bits per heavy atom. The van der Waals surface area contributed by atoms with Crippen LogP contribution >= 0.6 is 34.8 Å². The molecule has 2 aromatic heterocycles. The highest BCUT2D eigenvalue weighted by molar-refractivity contribution is 6.36. The molecule has 1 N–H and O–H groups in total. The third kappa shape index (κ3) is 2.56. The minimum absolute atomic E-state index is 0.0522. The van der Waals surface area contributed by atoms with Crippen molar-refractivity contribution in [2.24, 2.45) is 0 Å². The second kappa shape index (κ2) is 5.10. The zero-order chi connectivity index (χ0) is 13.3. The molecule has 18 heavy (non-hydrogen) atoms. The quantitative estimate of drug-likeness (QED) is 0.916. The van der Waals surface area contributed by atoms with E-state index >= 15 is 0 Å². The van der Waals surface area contributed by atoms with E-state index in [-0.39, 0.29) is 15.7 Å². The van der Waals surface area contributed by atoms with Crippen molar-refractivity contribution in [2.75, 3.05) is 0 Å². The van der Waals surface area contributed by atoms with Gasteiger partial charge < -0.3 is 5.11 Å². The first-order valence-electron chi connectivity index (χ1n) is 4.70. The Kier molecular flexibility index (Phi) is 3.71. The summed E-state index contributed by atoms with van der Waals surface area (Å²) < 4.78 is 0. The maximum atomic E-state index is 10.9. The van der Waals surface area contributed by atoms with Gasteiger partial charge in [-0.3, -0.25) is 4.98 Å². The van der Waals surface area contributed by atoms with Gasteiger partial charge in [0, 0.05) is 6.20 Å². The number of carboxylic acid groups (broad SMARTS) is 1. The molecule has 0 spiro atoms. The summed E-state index contributed by atoms with van der Waals surface area (Å²) in [6.07, 6.45) is 1.40. The molecule has 2 heterocycles. The lowest BCUT2D eigenvalue weighted by Gasteiger charge is -2.05. The Hall–Kier alpha value is -1.36. The highest BCUT2D eigenvalue weighted by atomic mass is 35.5. The van der Waals surface area contributed by atoms with Crippen LogP contribution in [0.2, 0.25) is 15.1 Å². The largest absolute Gasteiger partial charge is 0.476 e. The van der Waals surface area contributed by atoms with Gasteiger partial charge in [0.25, 0.3) is 0 Å². The summed E-state index contributed by atoms with van der Waals surface area (Å²) in [5.41, 5.74) is 0.417. The van der Waals surface area contributed by atoms with Crippen molar-refractivity contribution in [2.45, 2.75) is 0 Å². The zero-order valence-electron chi connectivity index (χ0n) is 8.69. The van der Waals surface area contributed by atoms with Crippen LogP contribution in [0.1, 0.15) is 10.5 Å². The average molecular weight is 304 g/mol. The van der Waals surface area contributed by atoms with Crippen molar-refractivity contribution < 1.29 is 9.90 Å². The Balaban J connectivity index is 2.58. The van der Waals surface area contributed by atoms with Crippen LogP contribution in [0.3, 0.4) is 0 Å². The maximum Gasteiger partial charge on any atom is 0.356 e. The van der Waals surface area contributed by atoms with Gasteiger partial charge >= 0.3 is 5.97 Å². The van der Waals surface area contributed by atoms with E-state index in [2.05, 4.69) is 9.97 Å². The Labute approximate surface area is 117 Å². The van der Waals surface area contributed by atoms with Crippen molar-refractivity contribution in [1.82, 2.24) is 9.97 Å². The molecule has 0 amide bonds. The summed E-state index contributed by atoms with van der Waals surface area (Å²) in [6, 6.07) is 4.47. The molecule has 0 saturated carbocycles. The fourth-order valence-electron chi connectivity index (χ4n) is 1.33. The second-order valence-electron chi connectivity index (χ2n) is 3.32. The summed E-state index contributed by atoms with van der Waals surface area (Å²) in [4.78, 5) is 18.8. The van der Waals surface area contributed by atoms with Gasteiger partial charge in [-0.15, -0.1) is 0 Å². The summed E-state index contributed by atoms with van der Waals surface area (Å²) in [7, 11) is 0. The first-order chi connectivity index (χ1) is 8.49. The third-order valence-corrected chi connectivity index (χ3v) is 2.90. The van der Waals surface area contributed by atoms with Gasteiger partial charge in [-0.25, -0.2) is 9.78 Å². The fourth-order valence-corrected chi connectivity index (χ4v) is 1.99. The normalized spacial score (nSPS) is 10.4. The van der Waals surface area contributed by atoms with Crippen molar-refractivity contribution in [3.05, 3.63) is 45.2 Å². The molecule has 0 unspecified atom stereocenters. The van der Waals surface area contributed by atoms with E-state index < -0.39 is 5.97 Å². The summed E-state index contributed by atoms with van der Waals surface area (Å²) in [5, 5.41) is 9.65. The van der Waals surface area contributed by atoms with E-state index in [4.69, 9.17) is 39.9 Å². The van der Waals surface area contributed by atoms with Crippen LogP contribution in [-0.4, -0.2) is 21.0 Å². The number of nitrogens with zero attached hydrogens (tertiary/aromatic N) is 2. The monoisotopic (exact) mass is 302 g/mol. The number of hydrogen-bond acceptors (Lipinski definition) is 3. The molecule has 0 aliphatic rings. The van der Waals surface area contributed by atoms with Crippen LogP contribution in [0.25, 0.3) is 11.4 Å². The van der Waals surface area contributed by atoms with Gasteiger partial charge in [-0.2, -0.15) is 0 Å². The van der Waals surface area contributed by atoms with Gasteiger partial charge in [-0.1, -0.05) is 34.8 Å². The number of carbonyl (C=O) groups is 1. The maximum absolute atomic E-state index is 10.9. The Bertz CT molecular complexity index is 632. The molecular formula is C11H5Cl3N2O2. The smallest absolute Gasteiger partial charge is 0.356 e. The van der Waals surface area contributed by atoms with Gasteiger partial charge in [-0.05, 0) is 18.2 Å². The first-order valence-corrected chi connectivity index (χ1v) is 5.83. The van der Waals surface area contributed by atoms with Crippen molar-refractivity contribution in [1.29, 1.82) is 0 Å². The van der Waals surface area contributed by atoms with Gasteiger partial charge in [0.2, 0.25) is 0 Å². The summed E-state index contributed by atoms with van der Waals surface area (Å²) in [6.45, 7) is 0. The van der Waals surface area contributed by atoms with E-state index in [1.54, 1.807) is 0 Å². The molecule has 0 aliphatic carbocycles. The van der Waals surface area contributed by atoms with Crippen LogP contribution in [-0.2, 0) is 0 Å². The zero-order valence-corrected chi connectivity index (χ0v) is 11.0. The molecule has 7 heteroatoms. The SMILES string of the molecule is O=C(O)c1nc(-c2ncc(Cl)cc2Cl)ccc1Cl. The van der Waals surface area contributed by atoms with Gasteiger partial charge in [0.15, 0.2) is 5.69 Å². The third-order valence-electron chi connectivity index (χ3n) is 2.10. The van der Waals surface area contributed by atoms with Crippen LogP contribution in [0.15, 0.2) is 24.4 Å². The predicted molar refractivity (Wildman–Crippen MR) is 69.5 cm³/mol. The lowest BCUT2D eigenvalue weighted by Crippen LogP contribution is -2.03. The van der Waals surface area contributed by atoms with Crippen LogP contribution in [0.5, 0.6) is 0 Å². The molecule has 4 nitrogen and oxygen atoms in total. The van der Waals surface area contributed by atoms with E-state index in [0.29, 0.717) is 16.4 Å². The number of aromatic nitrogens is 2. The van der Waals surface area contributed by atoms with Gasteiger partial charge in [0.1, 0.15) is 5.69 Å². The van der Waals surface area contributed by atoms with Crippen molar-refractivity contribution in [3.63, 3.8) is 0 Å². The first kappa shape index (κ1) is 13.1. The van der Waals surface area contributed by atoms with E-state index in [0.717, 1.165) is 0 Å². The van der Waals surface area contributed by atoms with E-state index in [1.807, 2.05) is 0 Å². The topological polar surface area (TPSA) is 63.1 Å². The molecule has 0 aromatic carbocycles. The molecular weight excluding hydrogens is 298 g/mol. The molecule has 0 radical (unpaired) electrons. The Morgan fingerprint density at radius 2 is 1.89 bits per heavy atom. The number of pyridine rings is 2. The lowest BCUT2D eigenvalue weighted by molar-refractivity contribution is 0.0691. The van der Waals surface area contributed by atoms with Crippen molar-refractivity contribution in [3.8, 4) is 11.4 Å². The summed E-state index contributed by atoms with van der Waals surface area (Å²) >= 11 is 17.4. The van der Waals surface area contributed by atoms with E-state index in [1.165, 1.54) is 24.4 Å². The van der Waals surface area contributed by atoms with Gasteiger partial charge in [0.05, 0.1) is 20.8 Å². The van der Waals surface area contributed by atoms with Crippen molar-refractivity contribution >= 4 is 40.8 Å². The van der Waals surface area contributed by atoms with Crippen LogP contribution < -0.4 is 0 Å². The number of aromatic carboxylic acids is 1. The van der Waals surface area contributed by atoms with E-state index in [9.17, 15) is 4.79 Å². The average Bonchev–Trinajstić information content (AvgIpc) is 2.30. The highest BCUT2D eigenvalue weighted by Gasteiger charge is 2.14. The predicted octanol–water partition coefficient (Wildman–Crippen LogP) is 3.80. The van der Waals surface area contributed by atoms with Crippen LogP contribution in [0.4, 0.5) is 0 Å². The Morgan fingerprint density at radius 1 is 1.17 bits per heavy atom. The molecule has 0 aliphatic heterocycles.